The lowest BCUT2D eigenvalue weighted by Crippen LogP contribution is -2.07. The zero-order valence-electron chi connectivity index (χ0n) is 9.44. The molecule has 0 aromatic carbocycles. The fraction of sp³-hybridized carbons (Fsp3) is 0.417. The Morgan fingerprint density at radius 2 is 2.44 bits per heavy atom. The van der Waals surface area contributed by atoms with E-state index in [-0.39, 0.29) is 0 Å². The van der Waals surface area contributed by atoms with E-state index in [4.69, 9.17) is 5.73 Å². The van der Waals surface area contributed by atoms with Crippen molar-refractivity contribution in [2.45, 2.75) is 19.8 Å². The molecule has 0 fully saturated rings. The summed E-state index contributed by atoms with van der Waals surface area (Å²) in [4.78, 5) is 7.68. The molecule has 4 heteroatoms. The highest BCUT2D eigenvalue weighted by atomic mass is 32.1. The van der Waals surface area contributed by atoms with Crippen LogP contribution in [0.3, 0.4) is 0 Å². The molecule has 0 spiro atoms. The standard InChI is InChI=1S/C12H17N3S/c1-9(2-4-13)6-12-15-11(8-16-12)10-3-5-14-7-10/h3,5,7-9,14H,2,4,6,13H2,1H3. The van der Waals surface area contributed by atoms with E-state index in [9.17, 15) is 0 Å². The quantitative estimate of drug-likeness (QED) is 0.837. The number of rotatable bonds is 5. The number of H-pyrrole nitrogens is 1. The largest absolute Gasteiger partial charge is 0.367 e. The minimum atomic E-state index is 0.621. The average Bonchev–Trinajstić information content (AvgIpc) is 2.86. The maximum absolute atomic E-state index is 5.54. The molecular formula is C12H17N3S. The lowest BCUT2D eigenvalue weighted by Gasteiger charge is -2.06. The average molecular weight is 235 g/mol. The van der Waals surface area contributed by atoms with Crippen LogP contribution in [0.1, 0.15) is 18.4 Å². The summed E-state index contributed by atoms with van der Waals surface area (Å²) >= 11 is 1.74. The van der Waals surface area contributed by atoms with Crippen LogP contribution in [-0.4, -0.2) is 16.5 Å². The molecule has 86 valence electrons. The Kier molecular flexibility index (Phi) is 3.74. The van der Waals surface area contributed by atoms with Crippen molar-refractivity contribution in [1.82, 2.24) is 9.97 Å². The number of nitrogens with two attached hydrogens (primary N) is 1. The fourth-order valence-electron chi connectivity index (χ4n) is 1.71. The first-order valence-electron chi connectivity index (χ1n) is 5.57. The Morgan fingerprint density at radius 3 is 3.12 bits per heavy atom. The normalized spacial score (nSPS) is 12.9. The molecule has 16 heavy (non-hydrogen) atoms. The van der Waals surface area contributed by atoms with Gasteiger partial charge in [-0.3, -0.25) is 0 Å². The number of nitrogens with zero attached hydrogens (tertiary/aromatic N) is 1. The van der Waals surface area contributed by atoms with Crippen molar-refractivity contribution >= 4 is 11.3 Å². The van der Waals surface area contributed by atoms with Crippen LogP contribution in [0.25, 0.3) is 11.3 Å². The van der Waals surface area contributed by atoms with Gasteiger partial charge in [-0.15, -0.1) is 11.3 Å². The molecule has 1 unspecified atom stereocenters. The Hall–Kier alpha value is -1.13. The van der Waals surface area contributed by atoms with Crippen LogP contribution in [-0.2, 0) is 6.42 Å². The molecule has 0 saturated heterocycles. The van der Waals surface area contributed by atoms with Gasteiger partial charge in [0.25, 0.3) is 0 Å². The Labute approximate surface area is 99.7 Å². The lowest BCUT2D eigenvalue weighted by atomic mass is 10.1. The highest BCUT2D eigenvalue weighted by molar-refractivity contribution is 7.09. The second kappa shape index (κ2) is 5.27. The maximum atomic E-state index is 5.54. The second-order valence-electron chi connectivity index (χ2n) is 4.11. The summed E-state index contributed by atoms with van der Waals surface area (Å²) in [5, 5.41) is 3.32. The number of thiazole rings is 1. The lowest BCUT2D eigenvalue weighted by molar-refractivity contribution is 0.537. The number of aromatic amines is 1. The predicted molar refractivity (Wildman–Crippen MR) is 68.4 cm³/mol. The number of hydrogen-bond acceptors (Lipinski definition) is 3. The summed E-state index contributed by atoms with van der Waals surface area (Å²) in [5.41, 5.74) is 7.78. The number of hydrogen-bond donors (Lipinski definition) is 2. The highest BCUT2D eigenvalue weighted by Crippen LogP contribution is 2.23. The predicted octanol–water partition coefficient (Wildman–Crippen LogP) is 2.67. The number of aromatic nitrogens is 2. The van der Waals surface area contributed by atoms with E-state index in [0.717, 1.165) is 30.6 Å². The molecule has 2 aromatic rings. The molecule has 2 rings (SSSR count). The summed E-state index contributed by atoms with van der Waals surface area (Å²) in [7, 11) is 0. The third kappa shape index (κ3) is 2.71. The summed E-state index contributed by atoms with van der Waals surface area (Å²) in [6.45, 7) is 2.99. The van der Waals surface area contributed by atoms with Gasteiger partial charge in [0.2, 0.25) is 0 Å². The summed E-state index contributed by atoms with van der Waals surface area (Å²) in [6.07, 6.45) is 6.00. The van der Waals surface area contributed by atoms with Crippen LogP contribution in [0.15, 0.2) is 23.8 Å². The van der Waals surface area contributed by atoms with Crippen LogP contribution in [0.2, 0.25) is 0 Å². The summed E-state index contributed by atoms with van der Waals surface area (Å²) in [6, 6.07) is 2.04. The van der Waals surface area contributed by atoms with Crippen molar-refractivity contribution in [2.75, 3.05) is 6.54 Å². The first-order chi connectivity index (χ1) is 7.79. The van der Waals surface area contributed by atoms with E-state index in [0.29, 0.717) is 5.92 Å². The van der Waals surface area contributed by atoms with Gasteiger partial charge in [0, 0.05) is 29.8 Å². The van der Waals surface area contributed by atoms with Crippen LogP contribution in [0.5, 0.6) is 0 Å². The first-order valence-corrected chi connectivity index (χ1v) is 6.45. The molecule has 0 saturated carbocycles. The van der Waals surface area contributed by atoms with Gasteiger partial charge in [-0.05, 0) is 24.9 Å². The van der Waals surface area contributed by atoms with E-state index in [1.165, 1.54) is 5.01 Å². The van der Waals surface area contributed by atoms with E-state index in [2.05, 4.69) is 22.3 Å². The highest BCUT2D eigenvalue weighted by Gasteiger charge is 2.08. The molecule has 1 atom stereocenters. The minimum Gasteiger partial charge on any atom is -0.367 e. The molecule has 3 N–H and O–H groups in total. The molecule has 0 bridgehead atoms. The fourth-order valence-corrected chi connectivity index (χ4v) is 2.67. The van der Waals surface area contributed by atoms with Crippen molar-refractivity contribution in [2.24, 2.45) is 11.7 Å². The smallest absolute Gasteiger partial charge is 0.0935 e. The van der Waals surface area contributed by atoms with E-state index in [1.807, 2.05) is 18.5 Å². The molecule has 0 amide bonds. The van der Waals surface area contributed by atoms with Gasteiger partial charge >= 0.3 is 0 Å². The molecule has 0 aliphatic heterocycles. The molecule has 0 radical (unpaired) electrons. The monoisotopic (exact) mass is 235 g/mol. The van der Waals surface area contributed by atoms with Gasteiger partial charge in [-0.1, -0.05) is 6.92 Å². The van der Waals surface area contributed by atoms with Crippen LogP contribution >= 0.6 is 11.3 Å². The summed E-state index contributed by atoms with van der Waals surface area (Å²) in [5.74, 6) is 0.621. The van der Waals surface area contributed by atoms with Gasteiger partial charge in [-0.2, -0.15) is 0 Å². The molecular weight excluding hydrogens is 218 g/mol. The SMILES string of the molecule is CC(CCN)Cc1nc(-c2cc[nH]c2)cs1. The Balaban J connectivity index is 2.03. The Bertz CT molecular complexity index is 419. The van der Waals surface area contributed by atoms with Gasteiger partial charge in [-0.25, -0.2) is 4.98 Å². The zero-order valence-corrected chi connectivity index (χ0v) is 10.3. The van der Waals surface area contributed by atoms with Crippen molar-refractivity contribution in [3.05, 3.63) is 28.8 Å². The van der Waals surface area contributed by atoms with Crippen molar-refractivity contribution in [3.63, 3.8) is 0 Å². The van der Waals surface area contributed by atoms with Crippen LogP contribution < -0.4 is 5.73 Å². The molecule has 0 aliphatic carbocycles. The number of nitrogens with one attached hydrogen (secondary N) is 1. The van der Waals surface area contributed by atoms with Crippen LogP contribution in [0, 0.1) is 5.92 Å². The Morgan fingerprint density at radius 1 is 1.56 bits per heavy atom. The third-order valence-electron chi connectivity index (χ3n) is 2.63. The van der Waals surface area contributed by atoms with E-state index in [1.54, 1.807) is 11.3 Å². The molecule has 2 aromatic heterocycles. The molecule has 3 nitrogen and oxygen atoms in total. The molecule has 2 heterocycles. The van der Waals surface area contributed by atoms with Gasteiger partial charge in [0.1, 0.15) is 0 Å². The van der Waals surface area contributed by atoms with E-state index >= 15 is 0 Å². The van der Waals surface area contributed by atoms with Gasteiger partial charge in [0.15, 0.2) is 0 Å². The van der Waals surface area contributed by atoms with E-state index < -0.39 is 0 Å². The zero-order chi connectivity index (χ0) is 11.4. The minimum absolute atomic E-state index is 0.621. The first kappa shape index (κ1) is 11.4. The van der Waals surface area contributed by atoms with Crippen molar-refractivity contribution in [3.8, 4) is 11.3 Å². The topological polar surface area (TPSA) is 54.7 Å². The maximum Gasteiger partial charge on any atom is 0.0935 e. The van der Waals surface area contributed by atoms with Crippen molar-refractivity contribution in [1.29, 1.82) is 0 Å². The second-order valence-corrected chi connectivity index (χ2v) is 5.06. The molecule has 0 aliphatic rings. The van der Waals surface area contributed by atoms with Crippen LogP contribution in [0.4, 0.5) is 0 Å². The van der Waals surface area contributed by atoms with Crippen molar-refractivity contribution < 1.29 is 0 Å². The summed E-state index contributed by atoms with van der Waals surface area (Å²) < 4.78 is 0. The van der Waals surface area contributed by atoms with Gasteiger partial charge in [0.05, 0.1) is 10.7 Å². The third-order valence-corrected chi connectivity index (χ3v) is 3.50. The van der Waals surface area contributed by atoms with Gasteiger partial charge < -0.3 is 10.7 Å².